The van der Waals surface area contributed by atoms with Gasteiger partial charge in [0, 0.05) is 19.1 Å². The molecule has 0 aromatic heterocycles. The van der Waals surface area contributed by atoms with E-state index in [4.69, 9.17) is 4.74 Å². The standard InChI is InChI=1S/C8H15NO3S/c10-13(11)6-1-8(7-13)9-2-4-12-5-3-9/h8H,1-7H2/t8-/m1/s1. The molecule has 2 fully saturated rings. The molecule has 0 amide bonds. The second-order valence-corrected chi connectivity index (χ2v) is 5.93. The third-order valence-electron chi connectivity index (χ3n) is 2.77. The number of morpholine rings is 1. The molecule has 2 aliphatic rings. The Morgan fingerprint density at radius 1 is 1.23 bits per heavy atom. The molecule has 2 heterocycles. The molecule has 0 spiro atoms. The van der Waals surface area contributed by atoms with Crippen LogP contribution < -0.4 is 0 Å². The zero-order valence-electron chi connectivity index (χ0n) is 7.61. The first-order valence-electron chi connectivity index (χ1n) is 4.70. The molecule has 13 heavy (non-hydrogen) atoms. The number of hydrogen-bond acceptors (Lipinski definition) is 4. The lowest BCUT2D eigenvalue weighted by Gasteiger charge is -2.31. The molecular formula is C8H15NO3S. The van der Waals surface area contributed by atoms with E-state index >= 15 is 0 Å². The highest BCUT2D eigenvalue weighted by Crippen LogP contribution is 2.18. The molecular weight excluding hydrogens is 190 g/mol. The zero-order chi connectivity index (χ0) is 9.31. The molecule has 2 rings (SSSR count). The van der Waals surface area contributed by atoms with E-state index in [2.05, 4.69) is 4.90 Å². The van der Waals surface area contributed by atoms with E-state index in [-0.39, 0.29) is 6.04 Å². The van der Waals surface area contributed by atoms with Crippen molar-refractivity contribution in [2.75, 3.05) is 37.8 Å². The van der Waals surface area contributed by atoms with Crippen LogP contribution in [0.5, 0.6) is 0 Å². The van der Waals surface area contributed by atoms with Gasteiger partial charge in [0.15, 0.2) is 9.84 Å². The van der Waals surface area contributed by atoms with Gasteiger partial charge in [0.25, 0.3) is 0 Å². The van der Waals surface area contributed by atoms with E-state index in [0.717, 1.165) is 32.7 Å². The second-order valence-electron chi connectivity index (χ2n) is 3.71. The van der Waals surface area contributed by atoms with E-state index in [0.29, 0.717) is 11.5 Å². The summed E-state index contributed by atoms with van der Waals surface area (Å²) in [5, 5.41) is 0. The summed E-state index contributed by atoms with van der Waals surface area (Å²) in [6, 6.07) is 0.258. The molecule has 76 valence electrons. The van der Waals surface area contributed by atoms with Crippen molar-refractivity contribution in [3.8, 4) is 0 Å². The Morgan fingerprint density at radius 3 is 2.46 bits per heavy atom. The first kappa shape index (κ1) is 9.43. The van der Waals surface area contributed by atoms with Gasteiger partial charge in [-0.25, -0.2) is 8.42 Å². The van der Waals surface area contributed by atoms with Crippen LogP contribution in [0.3, 0.4) is 0 Å². The number of hydrogen-bond donors (Lipinski definition) is 0. The van der Waals surface area contributed by atoms with Crippen LogP contribution in [0, 0.1) is 0 Å². The summed E-state index contributed by atoms with van der Waals surface area (Å²) >= 11 is 0. The van der Waals surface area contributed by atoms with Crippen molar-refractivity contribution in [1.82, 2.24) is 4.90 Å². The maximum Gasteiger partial charge on any atom is 0.151 e. The van der Waals surface area contributed by atoms with Crippen LogP contribution in [0.1, 0.15) is 6.42 Å². The van der Waals surface area contributed by atoms with Crippen LogP contribution >= 0.6 is 0 Å². The predicted octanol–water partition coefficient (Wildman–Crippen LogP) is -0.494. The van der Waals surface area contributed by atoms with Gasteiger partial charge in [-0.05, 0) is 6.42 Å². The highest BCUT2D eigenvalue weighted by molar-refractivity contribution is 7.91. The summed E-state index contributed by atoms with van der Waals surface area (Å²) in [4.78, 5) is 2.24. The second kappa shape index (κ2) is 3.55. The first-order valence-corrected chi connectivity index (χ1v) is 6.52. The van der Waals surface area contributed by atoms with Gasteiger partial charge in [0.2, 0.25) is 0 Å². The fourth-order valence-electron chi connectivity index (χ4n) is 2.01. The van der Waals surface area contributed by atoms with Gasteiger partial charge >= 0.3 is 0 Å². The van der Waals surface area contributed by atoms with Gasteiger partial charge < -0.3 is 4.74 Å². The quantitative estimate of drug-likeness (QED) is 0.579. The van der Waals surface area contributed by atoms with Gasteiger partial charge in [0.1, 0.15) is 0 Å². The van der Waals surface area contributed by atoms with E-state index in [9.17, 15) is 8.42 Å². The minimum atomic E-state index is -2.73. The lowest BCUT2D eigenvalue weighted by Crippen LogP contribution is -2.44. The number of sulfone groups is 1. The van der Waals surface area contributed by atoms with Crippen molar-refractivity contribution >= 4 is 9.84 Å². The summed E-state index contributed by atoms with van der Waals surface area (Å²) in [6.07, 6.45) is 0.808. The smallest absolute Gasteiger partial charge is 0.151 e. The molecule has 0 N–H and O–H groups in total. The van der Waals surface area contributed by atoms with E-state index in [1.807, 2.05) is 0 Å². The molecule has 2 saturated heterocycles. The first-order chi connectivity index (χ1) is 6.17. The molecule has 4 nitrogen and oxygen atoms in total. The highest BCUT2D eigenvalue weighted by Gasteiger charge is 2.32. The maximum atomic E-state index is 11.2. The van der Waals surface area contributed by atoms with Crippen molar-refractivity contribution in [3.05, 3.63) is 0 Å². The van der Waals surface area contributed by atoms with Crippen molar-refractivity contribution in [1.29, 1.82) is 0 Å². The van der Waals surface area contributed by atoms with Gasteiger partial charge in [-0.2, -0.15) is 0 Å². The topological polar surface area (TPSA) is 46.6 Å². The Labute approximate surface area is 78.8 Å². The molecule has 0 aromatic carbocycles. The van der Waals surface area contributed by atoms with E-state index < -0.39 is 9.84 Å². The number of ether oxygens (including phenoxy) is 1. The lowest BCUT2D eigenvalue weighted by atomic mass is 10.2. The van der Waals surface area contributed by atoms with E-state index in [1.165, 1.54) is 0 Å². The molecule has 1 atom stereocenters. The minimum Gasteiger partial charge on any atom is -0.379 e. The van der Waals surface area contributed by atoms with Gasteiger partial charge in [-0.3, -0.25) is 4.90 Å². The third kappa shape index (κ3) is 2.21. The summed E-state index contributed by atoms with van der Waals surface area (Å²) in [7, 11) is -2.73. The Balaban J connectivity index is 1.95. The van der Waals surface area contributed by atoms with Crippen molar-refractivity contribution in [3.63, 3.8) is 0 Å². The maximum absolute atomic E-state index is 11.2. The average Bonchev–Trinajstić information content (AvgIpc) is 2.48. The predicted molar refractivity (Wildman–Crippen MR) is 49.5 cm³/mol. The Kier molecular flexibility index (Phi) is 2.58. The molecule has 0 unspecified atom stereocenters. The monoisotopic (exact) mass is 205 g/mol. The average molecular weight is 205 g/mol. The summed E-state index contributed by atoms with van der Waals surface area (Å²) in [6.45, 7) is 3.27. The van der Waals surface area contributed by atoms with Crippen molar-refractivity contribution in [2.45, 2.75) is 12.5 Å². The molecule has 0 saturated carbocycles. The Hall–Kier alpha value is -0.130. The van der Waals surface area contributed by atoms with Crippen molar-refractivity contribution in [2.24, 2.45) is 0 Å². The zero-order valence-corrected chi connectivity index (χ0v) is 8.42. The van der Waals surface area contributed by atoms with Crippen LogP contribution in [-0.2, 0) is 14.6 Å². The van der Waals surface area contributed by atoms with Gasteiger partial charge in [0.05, 0.1) is 24.7 Å². The fraction of sp³-hybridized carbons (Fsp3) is 1.00. The summed E-state index contributed by atoms with van der Waals surface area (Å²) in [5.41, 5.74) is 0. The Morgan fingerprint density at radius 2 is 1.92 bits per heavy atom. The minimum absolute atomic E-state index is 0.258. The van der Waals surface area contributed by atoms with Gasteiger partial charge in [-0.1, -0.05) is 0 Å². The van der Waals surface area contributed by atoms with Crippen LogP contribution in [0.15, 0.2) is 0 Å². The van der Waals surface area contributed by atoms with Crippen LogP contribution in [0.4, 0.5) is 0 Å². The molecule has 5 heteroatoms. The van der Waals surface area contributed by atoms with Crippen LogP contribution in [0.25, 0.3) is 0 Å². The molecule has 0 radical (unpaired) electrons. The summed E-state index contributed by atoms with van der Waals surface area (Å²) < 4.78 is 27.7. The fourth-order valence-corrected chi connectivity index (χ4v) is 3.77. The third-order valence-corrected chi connectivity index (χ3v) is 4.52. The van der Waals surface area contributed by atoms with Crippen LogP contribution in [-0.4, -0.2) is 57.2 Å². The summed E-state index contributed by atoms with van der Waals surface area (Å²) in [5.74, 6) is 0.724. The normalized spacial score (nSPS) is 34.9. The number of rotatable bonds is 1. The largest absolute Gasteiger partial charge is 0.379 e. The lowest BCUT2D eigenvalue weighted by molar-refractivity contribution is 0.0217. The Bertz CT molecular complexity index is 269. The highest BCUT2D eigenvalue weighted by atomic mass is 32.2. The van der Waals surface area contributed by atoms with Gasteiger partial charge in [-0.15, -0.1) is 0 Å². The SMILES string of the molecule is O=S1(=O)CC[C@@H](N2CCOCC2)C1. The number of nitrogens with zero attached hydrogens (tertiary/aromatic N) is 1. The molecule has 0 aliphatic carbocycles. The molecule has 2 aliphatic heterocycles. The van der Waals surface area contributed by atoms with Crippen LogP contribution in [0.2, 0.25) is 0 Å². The molecule has 0 aromatic rings. The van der Waals surface area contributed by atoms with Crippen molar-refractivity contribution < 1.29 is 13.2 Å². The molecule has 0 bridgehead atoms. The van der Waals surface area contributed by atoms with E-state index in [1.54, 1.807) is 0 Å².